The quantitative estimate of drug-likeness (QED) is 0.663. The summed E-state index contributed by atoms with van der Waals surface area (Å²) < 4.78 is 0. The van der Waals surface area contributed by atoms with Crippen molar-refractivity contribution in [2.24, 2.45) is 5.73 Å². The fraction of sp³-hybridized carbons (Fsp3) is 0.154. The van der Waals surface area contributed by atoms with Gasteiger partial charge in [0, 0.05) is 11.6 Å². The molecular weight excluding hydrogens is 248 g/mol. The van der Waals surface area contributed by atoms with Gasteiger partial charge in [-0.05, 0) is 30.2 Å². The van der Waals surface area contributed by atoms with E-state index >= 15 is 0 Å². The molecule has 0 radical (unpaired) electrons. The van der Waals surface area contributed by atoms with Crippen LogP contribution in [0.1, 0.15) is 21.5 Å². The second kappa shape index (κ2) is 6.34. The number of rotatable bonds is 5. The Labute approximate surface area is 109 Å². The van der Waals surface area contributed by atoms with Gasteiger partial charge in [-0.2, -0.15) is 0 Å². The lowest BCUT2D eigenvalue weighted by Crippen LogP contribution is -2.33. The van der Waals surface area contributed by atoms with Crippen LogP contribution < -0.4 is 11.1 Å². The van der Waals surface area contributed by atoms with Crippen molar-refractivity contribution in [1.82, 2.24) is 5.32 Å². The van der Waals surface area contributed by atoms with E-state index in [0.29, 0.717) is 16.7 Å². The van der Waals surface area contributed by atoms with Gasteiger partial charge in [-0.25, -0.2) is 4.79 Å². The third-order valence-electron chi connectivity index (χ3n) is 2.45. The number of carbonyl (C=O) groups excluding carboxylic acids is 2. The van der Waals surface area contributed by atoms with Crippen molar-refractivity contribution in [1.29, 1.82) is 0 Å². The van der Waals surface area contributed by atoms with E-state index in [4.69, 9.17) is 10.8 Å². The molecule has 0 saturated heterocycles. The van der Waals surface area contributed by atoms with Crippen LogP contribution in [0.3, 0.4) is 0 Å². The molecule has 0 atom stereocenters. The lowest BCUT2D eigenvalue weighted by molar-refractivity contribution is -0.131. The summed E-state index contributed by atoms with van der Waals surface area (Å²) in [5.74, 6) is -2.13. The molecule has 0 saturated carbocycles. The highest BCUT2D eigenvalue weighted by atomic mass is 16.4. The van der Waals surface area contributed by atoms with Gasteiger partial charge < -0.3 is 16.2 Å². The number of primary amides is 1. The van der Waals surface area contributed by atoms with E-state index in [-0.39, 0.29) is 6.54 Å². The van der Waals surface area contributed by atoms with Gasteiger partial charge in [0.05, 0.1) is 6.54 Å². The third-order valence-corrected chi connectivity index (χ3v) is 2.45. The van der Waals surface area contributed by atoms with Crippen molar-refractivity contribution in [2.75, 3.05) is 6.54 Å². The Bertz CT molecular complexity index is 550. The molecule has 0 unspecified atom stereocenters. The highest BCUT2D eigenvalue weighted by molar-refractivity contribution is 5.98. The average Bonchev–Trinajstić information content (AvgIpc) is 2.34. The molecule has 100 valence electrons. The van der Waals surface area contributed by atoms with Crippen molar-refractivity contribution >= 4 is 23.9 Å². The minimum Gasteiger partial charge on any atom is -0.478 e. The maximum atomic E-state index is 11.8. The summed E-state index contributed by atoms with van der Waals surface area (Å²) in [4.78, 5) is 32.9. The monoisotopic (exact) mass is 262 g/mol. The number of nitrogens with two attached hydrogens (primary N) is 1. The van der Waals surface area contributed by atoms with Crippen LogP contribution in [0.25, 0.3) is 6.08 Å². The van der Waals surface area contributed by atoms with Crippen LogP contribution in [0.4, 0.5) is 0 Å². The van der Waals surface area contributed by atoms with Crippen molar-refractivity contribution in [3.8, 4) is 0 Å². The molecule has 1 aromatic rings. The Balaban J connectivity index is 2.97. The Morgan fingerprint density at radius 2 is 2.05 bits per heavy atom. The van der Waals surface area contributed by atoms with E-state index in [1.165, 1.54) is 6.08 Å². The second-order valence-corrected chi connectivity index (χ2v) is 3.84. The number of aliphatic carboxylic acids is 1. The predicted octanol–water partition coefficient (Wildman–Crippen LogP) is 0.308. The first-order chi connectivity index (χ1) is 8.91. The minimum atomic E-state index is -1.07. The first-order valence-corrected chi connectivity index (χ1v) is 5.49. The summed E-state index contributed by atoms with van der Waals surface area (Å²) in [6.07, 6.45) is 2.40. The Morgan fingerprint density at radius 3 is 2.63 bits per heavy atom. The molecule has 0 aromatic heterocycles. The van der Waals surface area contributed by atoms with E-state index in [0.717, 1.165) is 6.08 Å². The van der Waals surface area contributed by atoms with Crippen molar-refractivity contribution in [3.05, 3.63) is 41.0 Å². The van der Waals surface area contributed by atoms with Crippen LogP contribution in [0.5, 0.6) is 0 Å². The minimum absolute atomic E-state index is 0.243. The summed E-state index contributed by atoms with van der Waals surface area (Å²) in [6, 6.07) is 4.91. The number of hydrogen-bond acceptors (Lipinski definition) is 3. The van der Waals surface area contributed by atoms with E-state index < -0.39 is 17.8 Å². The van der Waals surface area contributed by atoms with Crippen LogP contribution in [0.15, 0.2) is 24.3 Å². The number of benzene rings is 1. The maximum absolute atomic E-state index is 11.8. The van der Waals surface area contributed by atoms with Crippen LogP contribution in [-0.2, 0) is 9.59 Å². The number of carboxylic acids is 1. The van der Waals surface area contributed by atoms with Crippen molar-refractivity contribution in [3.63, 3.8) is 0 Å². The highest BCUT2D eigenvalue weighted by Gasteiger charge is 2.11. The number of hydrogen-bond donors (Lipinski definition) is 3. The maximum Gasteiger partial charge on any atom is 0.328 e. The van der Waals surface area contributed by atoms with Gasteiger partial charge in [0.1, 0.15) is 0 Å². The predicted molar refractivity (Wildman–Crippen MR) is 69.4 cm³/mol. The third kappa shape index (κ3) is 4.27. The fourth-order valence-electron chi connectivity index (χ4n) is 1.50. The lowest BCUT2D eigenvalue weighted by atomic mass is 10.0. The van der Waals surface area contributed by atoms with Gasteiger partial charge in [0.15, 0.2) is 0 Å². The smallest absolute Gasteiger partial charge is 0.328 e. The Morgan fingerprint density at radius 1 is 1.37 bits per heavy atom. The summed E-state index contributed by atoms with van der Waals surface area (Å²) in [5, 5.41) is 10.9. The van der Waals surface area contributed by atoms with Gasteiger partial charge in [-0.15, -0.1) is 0 Å². The summed E-state index contributed by atoms with van der Waals surface area (Å²) >= 11 is 0. The van der Waals surface area contributed by atoms with Crippen molar-refractivity contribution in [2.45, 2.75) is 6.92 Å². The molecule has 0 aliphatic carbocycles. The molecule has 0 spiro atoms. The first-order valence-electron chi connectivity index (χ1n) is 5.49. The first kappa shape index (κ1) is 14.4. The normalized spacial score (nSPS) is 10.4. The van der Waals surface area contributed by atoms with Gasteiger partial charge >= 0.3 is 5.97 Å². The highest BCUT2D eigenvalue weighted by Crippen LogP contribution is 2.15. The molecule has 0 aliphatic rings. The van der Waals surface area contributed by atoms with Crippen molar-refractivity contribution < 1.29 is 19.5 Å². The van der Waals surface area contributed by atoms with Crippen LogP contribution >= 0.6 is 0 Å². The summed E-state index contributed by atoms with van der Waals surface area (Å²) in [7, 11) is 0. The van der Waals surface area contributed by atoms with Gasteiger partial charge in [0.25, 0.3) is 5.91 Å². The zero-order chi connectivity index (χ0) is 14.4. The molecule has 1 aromatic carbocycles. The average molecular weight is 262 g/mol. The molecule has 6 heteroatoms. The lowest BCUT2D eigenvalue weighted by Gasteiger charge is -2.08. The van der Waals surface area contributed by atoms with E-state index in [2.05, 4.69) is 5.32 Å². The van der Waals surface area contributed by atoms with Crippen LogP contribution in [-0.4, -0.2) is 29.4 Å². The molecule has 6 nitrogen and oxygen atoms in total. The van der Waals surface area contributed by atoms with Crippen LogP contribution in [0, 0.1) is 6.92 Å². The van der Waals surface area contributed by atoms with Gasteiger partial charge in [0.2, 0.25) is 5.91 Å². The molecule has 0 fully saturated rings. The summed E-state index contributed by atoms with van der Waals surface area (Å²) in [5.41, 5.74) is 6.55. The zero-order valence-corrected chi connectivity index (χ0v) is 10.3. The zero-order valence-electron chi connectivity index (χ0n) is 10.3. The van der Waals surface area contributed by atoms with Crippen LogP contribution in [0.2, 0.25) is 0 Å². The molecule has 0 aliphatic heterocycles. The van der Waals surface area contributed by atoms with Gasteiger partial charge in [-0.3, -0.25) is 9.59 Å². The molecule has 0 bridgehead atoms. The molecular formula is C13H14N2O4. The number of amides is 2. The fourth-order valence-corrected chi connectivity index (χ4v) is 1.50. The number of carboxylic acid groups (broad SMARTS) is 1. The molecule has 0 heterocycles. The number of nitrogens with one attached hydrogen (secondary N) is 1. The van der Waals surface area contributed by atoms with E-state index in [1.807, 2.05) is 0 Å². The number of carbonyl (C=O) groups is 3. The largest absolute Gasteiger partial charge is 0.478 e. The van der Waals surface area contributed by atoms with E-state index in [1.54, 1.807) is 25.1 Å². The topological polar surface area (TPSA) is 109 Å². The molecule has 4 N–H and O–H groups in total. The molecule has 2 amide bonds. The SMILES string of the molecule is Cc1c(C=CC(=O)O)cccc1C(=O)NCC(N)=O. The summed E-state index contributed by atoms with van der Waals surface area (Å²) in [6.45, 7) is 1.45. The second-order valence-electron chi connectivity index (χ2n) is 3.84. The van der Waals surface area contributed by atoms with Gasteiger partial charge in [-0.1, -0.05) is 12.1 Å². The standard InChI is InChI=1S/C13H14N2O4/c1-8-9(5-6-12(17)18)3-2-4-10(8)13(19)15-7-11(14)16/h2-6H,7H2,1H3,(H2,14,16)(H,15,19)(H,17,18). The van der Waals surface area contributed by atoms with E-state index in [9.17, 15) is 14.4 Å². The molecule has 19 heavy (non-hydrogen) atoms. The Hall–Kier alpha value is -2.63. The molecule has 1 rings (SSSR count). The Kier molecular flexibility index (Phi) is 4.82.